The van der Waals surface area contributed by atoms with Crippen molar-refractivity contribution in [2.75, 3.05) is 6.61 Å². The van der Waals surface area contributed by atoms with Gasteiger partial charge in [0.25, 0.3) is 0 Å². The molecule has 30 heavy (non-hydrogen) atoms. The lowest BCUT2D eigenvalue weighted by Crippen LogP contribution is -2.10. The van der Waals surface area contributed by atoms with E-state index in [1.54, 1.807) is 0 Å². The van der Waals surface area contributed by atoms with E-state index < -0.39 is 0 Å². The molecule has 0 heterocycles. The molecular weight excluding hydrogens is 376 g/mol. The van der Waals surface area contributed by atoms with Gasteiger partial charge in [-0.15, -0.1) is 0 Å². The molecule has 1 aromatic rings. The third-order valence-electron chi connectivity index (χ3n) is 5.55. The second-order valence-corrected chi connectivity index (χ2v) is 8.28. The number of aryl methyl sites for hydroxylation is 1. The summed E-state index contributed by atoms with van der Waals surface area (Å²) >= 11 is 0. The molecule has 0 aromatic heterocycles. The van der Waals surface area contributed by atoms with Crippen LogP contribution in [0.25, 0.3) is 0 Å². The zero-order chi connectivity index (χ0) is 22.0. The van der Waals surface area contributed by atoms with Crippen LogP contribution in [0.15, 0.2) is 18.2 Å². The number of carbonyl (C=O) groups is 2. The maximum Gasteiger partial charge on any atom is 0.311 e. The number of carbonyl (C=O) groups excluding carboxylic acids is 2. The van der Waals surface area contributed by atoms with Crippen LogP contribution in [0.4, 0.5) is 0 Å². The quantitative estimate of drug-likeness (QED) is 0.152. The predicted molar refractivity (Wildman–Crippen MR) is 123 cm³/mol. The Morgan fingerprint density at radius 2 is 1.30 bits per heavy atom. The third-order valence-corrected chi connectivity index (χ3v) is 5.55. The molecule has 0 atom stereocenters. The van der Waals surface area contributed by atoms with Crippen molar-refractivity contribution >= 4 is 11.9 Å². The molecule has 0 aliphatic carbocycles. The molecule has 1 aromatic carbocycles. The molecule has 0 saturated heterocycles. The molecule has 0 amide bonds. The van der Waals surface area contributed by atoms with Crippen molar-refractivity contribution in [3.63, 3.8) is 0 Å². The van der Waals surface area contributed by atoms with E-state index in [2.05, 4.69) is 6.92 Å². The van der Waals surface area contributed by atoms with Crippen molar-refractivity contribution in [2.24, 2.45) is 0 Å². The maximum absolute atomic E-state index is 12.0. The minimum Gasteiger partial charge on any atom is -0.466 e. The molecule has 0 N–H and O–H groups in total. The molecule has 1 rings (SSSR count). The number of esters is 2. The second-order valence-electron chi connectivity index (χ2n) is 8.28. The number of benzene rings is 1. The molecule has 0 aliphatic rings. The fourth-order valence-electron chi connectivity index (χ4n) is 3.39. The first-order valence-electron chi connectivity index (χ1n) is 12.0. The highest BCUT2D eigenvalue weighted by Gasteiger charge is 2.09. The zero-order valence-electron chi connectivity index (χ0n) is 19.5. The van der Waals surface area contributed by atoms with Crippen molar-refractivity contribution in [2.45, 2.75) is 111 Å². The normalized spacial score (nSPS) is 10.8. The van der Waals surface area contributed by atoms with Crippen LogP contribution in [0.1, 0.15) is 108 Å². The lowest BCUT2D eigenvalue weighted by atomic mass is 10.1. The van der Waals surface area contributed by atoms with Crippen LogP contribution in [0.2, 0.25) is 0 Å². The molecular formula is C26H42O4. The molecule has 0 aliphatic heterocycles. The summed E-state index contributed by atoms with van der Waals surface area (Å²) < 4.78 is 10.7. The summed E-state index contributed by atoms with van der Waals surface area (Å²) in [5.74, 6) is 0.215. The first-order chi connectivity index (χ1) is 14.5. The maximum atomic E-state index is 12.0. The van der Waals surface area contributed by atoms with E-state index in [9.17, 15) is 9.59 Å². The van der Waals surface area contributed by atoms with Crippen molar-refractivity contribution in [3.8, 4) is 5.75 Å². The smallest absolute Gasteiger partial charge is 0.311 e. The minimum absolute atomic E-state index is 0.158. The predicted octanol–water partition coefficient (Wildman–Crippen LogP) is 7.23. The zero-order valence-corrected chi connectivity index (χ0v) is 19.5. The van der Waals surface area contributed by atoms with Crippen LogP contribution in [0, 0.1) is 13.8 Å². The molecule has 170 valence electrons. The summed E-state index contributed by atoms with van der Waals surface area (Å²) in [5.41, 5.74) is 2.09. The van der Waals surface area contributed by atoms with Gasteiger partial charge < -0.3 is 9.47 Å². The van der Waals surface area contributed by atoms with Crippen LogP contribution < -0.4 is 4.74 Å². The van der Waals surface area contributed by atoms with E-state index in [1.165, 1.54) is 51.4 Å². The summed E-state index contributed by atoms with van der Waals surface area (Å²) in [4.78, 5) is 23.7. The van der Waals surface area contributed by atoms with Gasteiger partial charge in [0.15, 0.2) is 0 Å². The number of ether oxygens (including phenoxy) is 2. The first-order valence-corrected chi connectivity index (χ1v) is 12.0. The van der Waals surface area contributed by atoms with E-state index in [-0.39, 0.29) is 11.9 Å². The monoisotopic (exact) mass is 418 g/mol. The summed E-state index contributed by atoms with van der Waals surface area (Å²) in [5, 5.41) is 0. The van der Waals surface area contributed by atoms with Crippen LogP contribution >= 0.6 is 0 Å². The van der Waals surface area contributed by atoms with Gasteiger partial charge in [-0.2, -0.15) is 0 Å². The van der Waals surface area contributed by atoms with Crippen molar-refractivity contribution in [3.05, 3.63) is 29.3 Å². The fourth-order valence-corrected chi connectivity index (χ4v) is 3.39. The van der Waals surface area contributed by atoms with E-state index in [0.717, 1.165) is 24.0 Å². The Bertz CT molecular complexity index is 609. The SMILES string of the molecule is CCCCCCCCCCCCOC(=O)CCCCC(=O)Oc1cccc(C)c1C. The van der Waals surface area contributed by atoms with Gasteiger partial charge in [-0.25, -0.2) is 0 Å². The number of unbranched alkanes of at least 4 members (excludes halogenated alkanes) is 10. The summed E-state index contributed by atoms with van der Waals surface area (Å²) in [6.07, 6.45) is 14.7. The number of hydrogen-bond donors (Lipinski definition) is 0. The van der Waals surface area contributed by atoms with Crippen molar-refractivity contribution < 1.29 is 19.1 Å². The Morgan fingerprint density at radius 1 is 0.733 bits per heavy atom. The first kappa shape index (κ1) is 26.2. The van der Waals surface area contributed by atoms with Gasteiger partial charge in [0.2, 0.25) is 0 Å². The molecule has 0 spiro atoms. The van der Waals surface area contributed by atoms with E-state index >= 15 is 0 Å². The fraction of sp³-hybridized carbons (Fsp3) is 0.692. The molecule has 0 bridgehead atoms. The van der Waals surface area contributed by atoms with Crippen LogP contribution in [-0.2, 0) is 14.3 Å². The Kier molecular flexibility index (Phi) is 14.8. The highest BCUT2D eigenvalue weighted by molar-refractivity contribution is 5.73. The van der Waals surface area contributed by atoms with E-state index in [1.807, 2.05) is 32.0 Å². The standard InChI is InChI=1S/C26H42O4/c1-4-5-6-7-8-9-10-11-12-15-21-29-25(27)19-13-14-20-26(28)30-24-18-16-17-22(2)23(24)3/h16-18H,4-15,19-21H2,1-3H3. The van der Waals surface area contributed by atoms with Gasteiger partial charge in [-0.05, 0) is 50.3 Å². The Balaban J connectivity index is 1.95. The highest BCUT2D eigenvalue weighted by atomic mass is 16.5. The van der Waals surface area contributed by atoms with Gasteiger partial charge in [-0.3, -0.25) is 9.59 Å². The minimum atomic E-state index is -0.248. The topological polar surface area (TPSA) is 52.6 Å². The van der Waals surface area contributed by atoms with Crippen molar-refractivity contribution in [1.82, 2.24) is 0 Å². The Morgan fingerprint density at radius 3 is 1.93 bits per heavy atom. The highest BCUT2D eigenvalue weighted by Crippen LogP contribution is 2.21. The Labute approximate surface area is 183 Å². The molecule has 4 heteroatoms. The van der Waals surface area contributed by atoms with Crippen molar-refractivity contribution in [1.29, 1.82) is 0 Å². The third kappa shape index (κ3) is 12.7. The van der Waals surface area contributed by atoms with E-state index in [0.29, 0.717) is 38.0 Å². The van der Waals surface area contributed by atoms with E-state index in [4.69, 9.17) is 9.47 Å². The average Bonchev–Trinajstić information content (AvgIpc) is 2.73. The van der Waals surface area contributed by atoms with Crippen LogP contribution in [0.3, 0.4) is 0 Å². The summed E-state index contributed by atoms with van der Waals surface area (Å²) in [6.45, 7) is 6.71. The second kappa shape index (κ2) is 16.9. The molecule has 0 saturated carbocycles. The van der Waals surface area contributed by atoms with Gasteiger partial charge in [0, 0.05) is 12.8 Å². The average molecular weight is 419 g/mol. The Hall–Kier alpha value is -1.84. The molecule has 4 nitrogen and oxygen atoms in total. The van der Waals surface area contributed by atoms with Gasteiger partial charge in [0.05, 0.1) is 6.61 Å². The molecule has 0 unspecified atom stereocenters. The number of rotatable bonds is 17. The summed E-state index contributed by atoms with van der Waals surface area (Å²) in [7, 11) is 0. The van der Waals surface area contributed by atoms with Gasteiger partial charge in [0.1, 0.15) is 5.75 Å². The lowest BCUT2D eigenvalue weighted by Gasteiger charge is -2.09. The molecule has 0 radical (unpaired) electrons. The molecule has 0 fully saturated rings. The van der Waals surface area contributed by atoms with Gasteiger partial charge in [-0.1, -0.05) is 76.8 Å². The lowest BCUT2D eigenvalue weighted by molar-refractivity contribution is -0.144. The van der Waals surface area contributed by atoms with Crippen LogP contribution in [0.5, 0.6) is 5.75 Å². The summed E-state index contributed by atoms with van der Waals surface area (Å²) in [6, 6.07) is 5.69. The number of hydrogen-bond acceptors (Lipinski definition) is 4. The van der Waals surface area contributed by atoms with Gasteiger partial charge >= 0.3 is 11.9 Å². The van der Waals surface area contributed by atoms with Crippen LogP contribution in [-0.4, -0.2) is 18.5 Å². The largest absolute Gasteiger partial charge is 0.466 e.